The van der Waals surface area contributed by atoms with Gasteiger partial charge in [-0.25, -0.2) is 9.18 Å². The number of esters is 1. The Kier molecular flexibility index (Phi) is 3.43. The van der Waals surface area contributed by atoms with Gasteiger partial charge in [0.15, 0.2) is 0 Å². The van der Waals surface area contributed by atoms with E-state index in [-0.39, 0.29) is 5.82 Å². The molecule has 0 atom stereocenters. The molecule has 0 aliphatic rings. The summed E-state index contributed by atoms with van der Waals surface area (Å²) in [7, 11) is 1.34. The van der Waals surface area contributed by atoms with Gasteiger partial charge < -0.3 is 4.74 Å². The van der Waals surface area contributed by atoms with Crippen molar-refractivity contribution in [1.82, 2.24) is 4.98 Å². The van der Waals surface area contributed by atoms with Gasteiger partial charge >= 0.3 is 5.97 Å². The Morgan fingerprint density at radius 1 is 1.33 bits per heavy atom. The monoisotopic (exact) mass is 301 g/mol. The lowest BCUT2D eigenvalue weighted by Gasteiger charge is -2.05. The van der Waals surface area contributed by atoms with E-state index in [4.69, 9.17) is 4.74 Å². The lowest BCUT2D eigenvalue weighted by molar-refractivity contribution is 0.0600. The summed E-state index contributed by atoms with van der Waals surface area (Å²) in [5.74, 6) is -0.655. The van der Waals surface area contributed by atoms with Gasteiger partial charge in [0, 0.05) is 22.0 Å². The van der Waals surface area contributed by atoms with E-state index in [0.717, 1.165) is 10.9 Å². The van der Waals surface area contributed by atoms with Gasteiger partial charge in [-0.1, -0.05) is 12.1 Å². The number of halogens is 1. The first-order valence-electron chi connectivity index (χ1n) is 6.33. The van der Waals surface area contributed by atoms with Crippen molar-refractivity contribution < 1.29 is 13.9 Å². The lowest BCUT2D eigenvalue weighted by Crippen LogP contribution is -2.03. The van der Waals surface area contributed by atoms with E-state index >= 15 is 0 Å². The largest absolute Gasteiger partial charge is 0.465 e. The normalized spacial score (nSPS) is 10.8. The smallest absolute Gasteiger partial charge is 0.337 e. The Hall–Kier alpha value is -2.27. The van der Waals surface area contributed by atoms with E-state index in [1.165, 1.54) is 24.5 Å². The van der Waals surface area contributed by atoms with Crippen LogP contribution in [0.1, 0.15) is 16.1 Å². The van der Waals surface area contributed by atoms with Crippen LogP contribution in [0.3, 0.4) is 0 Å². The summed E-state index contributed by atoms with van der Waals surface area (Å²) < 4.78 is 19.1. The molecule has 21 heavy (non-hydrogen) atoms. The van der Waals surface area contributed by atoms with Crippen molar-refractivity contribution in [3.05, 3.63) is 52.8 Å². The summed E-state index contributed by atoms with van der Waals surface area (Å²) in [5.41, 5.74) is 2.62. The quantitative estimate of drug-likeness (QED) is 0.666. The van der Waals surface area contributed by atoms with Crippen LogP contribution in [-0.2, 0) is 4.74 Å². The van der Waals surface area contributed by atoms with Gasteiger partial charge in [0.05, 0.1) is 23.1 Å². The predicted molar refractivity (Wildman–Crippen MR) is 81.1 cm³/mol. The second-order valence-corrected chi connectivity index (χ2v) is 5.52. The van der Waals surface area contributed by atoms with E-state index in [1.54, 1.807) is 18.2 Å². The first-order valence-corrected chi connectivity index (χ1v) is 7.21. The molecular weight excluding hydrogens is 289 g/mol. The van der Waals surface area contributed by atoms with Crippen LogP contribution >= 0.6 is 11.3 Å². The number of methoxy groups -OCH3 is 1. The van der Waals surface area contributed by atoms with Crippen molar-refractivity contribution in [2.75, 3.05) is 7.11 Å². The minimum absolute atomic E-state index is 0.246. The van der Waals surface area contributed by atoms with Crippen LogP contribution in [0, 0.1) is 12.7 Å². The molecule has 106 valence electrons. The number of carbonyl (C=O) groups excluding carboxylic acids is 1. The molecule has 0 amide bonds. The molecule has 0 bridgehead atoms. The van der Waals surface area contributed by atoms with Gasteiger partial charge in [-0.3, -0.25) is 4.98 Å². The average Bonchev–Trinajstić information content (AvgIpc) is 2.91. The fraction of sp³-hybridized carbons (Fsp3) is 0.125. The number of hydrogen-bond donors (Lipinski definition) is 0. The van der Waals surface area contributed by atoms with Crippen LogP contribution in [0.5, 0.6) is 0 Å². The number of pyridine rings is 1. The predicted octanol–water partition coefficient (Wildman–Crippen LogP) is 4.20. The molecule has 0 saturated heterocycles. The highest BCUT2D eigenvalue weighted by atomic mass is 32.1. The first kappa shape index (κ1) is 13.7. The van der Waals surface area contributed by atoms with Gasteiger partial charge in [-0.15, -0.1) is 11.3 Å². The molecular formula is C16H12FNO2S. The van der Waals surface area contributed by atoms with E-state index in [9.17, 15) is 9.18 Å². The van der Waals surface area contributed by atoms with E-state index in [2.05, 4.69) is 4.98 Å². The fourth-order valence-electron chi connectivity index (χ4n) is 2.26. The number of aromatic nitrogens is 1. The molecule has 0 saturated carbocycles. The Labute approximate surface area is 125 Å². The standard InChI is InChI=1S/C16H12FNO2S/c1-9-6-10(16(19)20-2)7-14(18-9)12-8-21-15-11(12)4-3-5-13(15)17/h3-8H,1-2H3. The third-order valence-electron chi connectivity index (χ3n) is 3.20. The van der Waals surface area contributed by atoms with Crippen LogP contribution in [0.2, 0.25) is 0 Å². The molecule has 0 fully saturated rings. The molecule has 0 unspecified atom stereocenters. The highest BCUT2D eigenvalue weighted by molar-refractivity contribution is 7.17. The average molecular weight is 301 g/mol. The summed E-state index contributed by atoms with van der Waals surface area (Å²) in [6.45, 7) is 1.81. The van der Waals surface area contributed by atoms with Crippen LogP contribution in [0.15, 0.2) is 35.7 Å². The summed E-state index contributed by atoms with van der Waals surface area (Å²) in [4.78, 5) is 16.1. The third kappa shape index (κ3) is 2.40. The van der Waals surface area contributed by atoms with Crippen LogP contribution in [-0.4, -0.2) is 18.1 Å². The van der Waals surface area contributed by atoms with Crippen LogP contribution in [0.25, 0.3) is 21.3 Å². The molecule has 0 N–H and O–H groups in total. The van der Waals surface area contributed by atoms with Crippen LogP contribution in [0.4, 0.5) is 4.39 Å². The van der Waals surface area contributed by atoms with Gasteiger partial charge in [0.1, 0.15) is 5.82 Å². The minimum Gasteiger partial charge on any atom is -0.465 e. The maximum absolute atomic E-state index is 13.8. The number of carbonyl (C=O) groups is 1. The Bertz CT molecular complexity index is 841. The lowest BCUT2D eigenvalue weighted by atomic mass is 10.1. The third-order valence-corrected chi connectivity index (χ3v) is 4.21. The van der Waals surface area contributed by atoms with Crippen LogP contribution < -0.4 is 0 Å². The molecule has 3 aromatic rings. The Balaban J connectivity index is 2.21. The number of nitrogens with zero attached hydrogens (tertiary/aromatic N) is 1. The van der Waals surface area contributed by atoms with Gasteiger partial charge in [0.2, 0.25) is 0 Å². The van der Waals surface area contributed by atoms with Crippen molar-refractivity contribution in [2.45, 2.75) is 6.92 Å². The molecule has 3 nitrogen and oxygen atoms in total. The molecule has 2 aromatic heterocycles. The summed E-state index contributed by atoms with van der Waals surface area (Å²) in [6.07, 6.45) is 0. The number of hydrogen-bond acceptors (Lipinski definition) is 4. The van der Waals surface area contributed by atoms with E-state index in [0.29, 0.717) is 21.7 Å². The van der Waals surface area contributed by atoms with Gasteiger partial charge in [-0.05, 0) is 25.1 Å². The molecule has 0 aliphatic carbocycles. The molecule has 0 radical (unpaired) electrons. The second-order valence-electron chi connectivity index (χ2n) is 4.64. The highest BCUT2D eigenvalue weighted by Crippen LogP contribution is 2.34. The van der Waals surface area contributed by atoms with Crippen molar-refractivity contribution in [1.29, 1.82) is 0 Å². The number of fused-ring (bicyclic) bond motifs is 1. The minimum atomic E-state index is -0.410. The second kappa shape index (κ2) is 5.26. The maximum atomic E-state index is 13.8. The topological polar surface area (TPSA) is 39.2 Å². The van der Waals surface area contributed by atoms with E-state index < -0.39 is 5.97 Å². The number of rotatable bonds is 2. The molecule has 3 rings (SSSR count). The Morgan fingerprint density at radius 3 is 2.90 bits per heavy atom. The Morgan fingerprint density at radius 2 is 2.14 bits per heavy atom. The summed E-state index contributed by atoms with van der Waals surface area (Å²) >= 11 is 1.33. The maximum Gasteiger partial charge on any atom is 0.337 e. The molecule has 2 heterocycles. The molecule has 1 aromatic carbocycles. The zero-order valence-corrected chi connectivity index (χ0v) is 12.3. The fourth-order valence-corrected chi connectivity index (χ4v) is 3.23. The number of thiophene rings is 1. The van der Waals surface area contributed by atoms with E-state index in [1.807, 2.05) is 18.4 Å². The van der Waals surface area contributed by atoms with Crippen molar-refractivity contribution in [3.8, 4) is 11.3 Å². The van der Waals surface area contributed by atoms with Crippen molar-refractivity contribution in [2.24, 2.45) is 0 Å². The SMILES string of the molecule is COC(=O)c1cc(C)nc(-c2csc3c(F)cccc23)c1. The number of ether oxygens (including phenoxy) is 1. The zero-order valence-electron chi connectivity index (χ0n) is 11.5. The first-order chi connectivity index (χ1) is 10.1. The van der Waals surface area contributed by atoms with Crippen molar-refractivity contribution >= 4 is 27.4 Å². The number of aryl methyl sites for hydroxylation is 1. The summed E-state index contributed by atoms with van der Waals surface area (Å²) in [5, 5.41) is 2.66. The van der Waals surface area contributed by atoms with Gasteiger partial charge in [0.25, 0.3) is 0 Å². The van der Waals surface area contributed by atoms with Gasteiger partial charge in [-0.2, -0.15) is 0 Å². The van der Waals surface area contributed by atoms with Crippen molar-refractivity contribution in [3.63, 3.8) is 0 Å². The number of benzene rings is 1. The highest BCUT2D eigenvalue weighted by Gasteiger charge is 2.14. The molecule has 0 spiro atoms. The molecule has 5 heteroatoms. The summed E-state index contributed by atoms with van der Waals surface area (Å²) in [6, 6.07) is 8.30. The molecule has 0 aliphatic heterocycles. The zero-order chi connectivity index (χ0) is 15.0.